The number of hydrogen-bond donors (Lipinski definition) is 0. The van der Waals surface area contributed by atoms with E-state index in [4.69, 9.17) is 4.42 Å². The Morgan fingerprint density at radius 2 is 1.75 bits per heavy atom. The first kappa shape index (κ1) is 13.4. The highest BCUT2D eigenvalue weighted by atomic mass is 79.9. The summed E-state index contributed by atoms with van der Waals surface area (Å²) in [6.45, 7) is 6.58. The second-order valence-electron chi connectivity index (χ2n) is 5.94. The van der Waals surface area contributed by atoms with Crippen molar-refractivity contribution < 1.29 is 4.42 Å². The van der Waals surface area contributed by atoms with Crippen LogP contribution in [-0.4, -0.2) is 4.98 Å². The van der Waals surface area contributed by atoms with Crippen LogP contribution in [0.2, 0.25) is 0 Å². The predicted molar refractivity (Wildman–Crippen MR) is 85.8 cm³/mol. The van der Waals surface area contributed by atoms with Gasteiger partial charge in [0.05, 0.1) is 4.47 Å². The van der Waals surface area contributed by atoms with Crippen molar-refractivity contribution in [2.24, 2.45) is 0 Å². The van der Waals surface area contributed by atoms with Crippen LogP contribution in [0, 0.1) is 0 Å². The molecule has 0 bridgehead atoms. The topological polar surface area (TPSA) is 26.0 Å². The van der Waals surface area contributed by atoms with Gasteiger partial charge < -0.3 is 4.42 Å². The highest BCUT2D eigenvalue weighted by molar-refractivity contribution is 9.10. The fraction of sp³-hybridized carbons (Fsp3) is 0.235. The van der Waals surface area contributed by atoms with Crippen molar-refractivity contribution in [3.63, 3.8) is 0 Å². The molecule has 0 aliphatic rings. The third-order valence-corrected chi connectivity index (χ3v) is 3.92. The van der Waals surface area contributed by atoms with Gasteiger partial charge in [-0.05, 0) is 51.2 Å². The van der Waals surface area contributed by atoms with E-state index in [9.17, 15) is 0 Å². The lowest BCUT2D eigenvalue weighted by atomic mass is 9.87. The fourth-order valence-electron chi connectivity index (χ4n) is 2.13. The van der Waals surface area contributed by atoms with Crippen LogP contribution < -0.4 is 0 Å². The average molecular weight is 330 g/mol. The number of nitrogens with zero attached hydrogens (tertiary/aromatic N) is 1. The van der Waals surface area contributed by atoms with Crippen LogP contribution in [0.3, 0.4) is 0 Å². The fourth-order valence-corrected chi connectivity index (χ4v) is 2.66. The van der Waals surface area contributed by atoms with Crippen LogP contribution in [0.4, 0.5) is 0 Å². The summed E-state index contributed by atoms with van der Waals surface area (Å²) in [7, 11) is 0. The molecule has 0 unspecified atom stereocenters. The van der Waals surface area contributed by atoms with Gasteiger partial charge in [0.2, 0.25) is 5.89 Å². The summed E-state index contributed by atoms with van der Waals surface area (Å²) < 4.78 is 6.85. The molecule has 3 heteroatoms. The van der Waals surface area contributed by atoms with Gasteiger partial charge in [-0.1, -0.05) is 39.0 Å². The second kappa shape index (κ2) is 4.74. The highest BCUT2D eigenvalue weighted by Gasteiger charge is 2.18. The van der Waals surface area contributed by atoms with E-state index in [1.807, 2.05) is 30.3 Å². The van der Waals surface area contributed by atoms with E-state index in [0.717, 1.165) is 21.1 Å². The molecule has 1 heterocycles. The highest BCUT2D eigenvalue weighted by Crippen LogP contribution is 2.34. The van der Waals surface area contributed by atoms with E-state index in [-0.39, 0.29) is 5.41 Å². The quantitative estimate of drug-likeness (QED) is 0.584. The van der Waals surface area contributed by atoms with E-state index < -0.39 is 0 Å². The van der Waals surface area contributed by atoms with E-state index in [0.29, 0.717) is 5.89 Å². The zero-order valence-corrected chi connectivity index (χ0v) is 13.4. The van der Waals surface area contributed by atoms with Crippen molar-refractivity contribution in [3.05, 3.63) is 52.5 Å². The van der Waals surface area contributed by atoms with Crippen molar-refractivity contribution in [3.8, 4) is 11.5 Å². The molecule has 0 saturated carbocycles. The van der Waals surface area contributed by atoms with E-state index in [1.54, 1.807) is 0 Å². The van der Waals surface area contributed by atoms with Crippen LogP contribution in [0.5, 0.6) is 0 Å². The summed E-state index contributed by atoms with van der Waals surface area (Å²) in [4.78, 5) is 4.62. The Balaban J connectivity index is 2.19. The summed E-state index contributed by atoms with van der Waals surface area (Å²) >= 11 is 3.59. The minimum atomic E-state index is 0.0859. The van der Waals surface area contributed by atoms with E-state index in [2.05, 4.69) is 53.8 Å². The molecule has 2 aromatic carbocycles. The summed E-state index contributed by atoms with van der Waals surface area (Å²) in [5.41, 5.74) is 4.01. The largest absolute Gasteiger partial charge is 0.435 e. The van der Waals surface area contributed by atoms with Crippen LogP contribution >= 0.6 is 15.9 Å². The molecular formula is C17H16BrNO. The van der Waals surface area contributed by atoms with Gasteiger partial charge in [-0.2, -0.15) is 0 Å². The molecule has 0 fully saturated rings. The first-order chi connectivity index (χ1) is 9.45. The molecule has 1 aromatic heterocycles. The van der Waals surface area contributed by atoms with Crippen molar-refractivity contribution in [1.82, 2.24) is 4.98 Å². The Morgan fingerprint density at radius 1 is 1.05 bits per heavy atom. The van der Waals surface area contributed by atoms with Crippen molar-refractivity contribution >= 4 is 27.0 Å². The molecule has 0 aliphatic heterocycles. The average Bonchev–Trinajstić information content (AvgIpc) is 2.83. The van der Waals surface area contributed by atoms with E-state index >= 15 is 0 Å². The molecule has 102 valence electrons. The molecule has 0 radical (unpaired) electrons. The molecule has 3 aromatic rings. The Kier molecular flexibility index (Phi) is 3.17. The molecule has 0 aliphatic carbocycles. The third kappa shape index (κ3) is 2.38. The maximum absolute atomic E-state index is 5.89. The van der Waals surface area contributed by atoms with Gasteiger partial charge in [-0.25, -0.2) is 4.98 Å². The number of hydrogen-bond acceptors (Lipinski definition) is 2. The standard InChI is InChI=1S/C17H16BrNO/c1-17(2,3)12-9-13(18)15-14(10-12)19-16(20-15)11-7-5-4-6-8-11/h4-10H,1-3H3. The van der Waals surface area contributed by atoms with Crippen LogP contribution in [0.15, 0.2) is 51.4 Å². The van der Waals surface area contributed by atoms with Gasteiger partial charge in [0.15, 0.2) is 5.58 Å². The lowest BCUT2D eigenvalue weighted by Gasteiger charge is -2.18. The molecule has 2 nitrogen and oxygen atoms in total. The normalized spacial score (nSPS) is 12.0. The Bertz CT molecular complexity index is 754. The van der Waals surface area contributed by atoms with Gasteiger partial charge in [0.25, 0.3) is 0 Å². The third-order valence-electron chi connectivity index (χ3n) is 3.33. The van der Waals surface area contributed by atoms with Crippen molar-refractivity contribution in [2.45, 2.75) is 26.2 Å². The first-order valence-electron chi connectivity index (χ1n) is 6.61. The van der Waals surface area contributed by atoms with Crippen LogP contribution in [0.1, 0.15) is 26.3 Å². The molecule has 0 N–H and O–H groups in total. The molecule has 0 saturated heterocycles. The molecule has 0 amide bonds. The van der Waals surface area contributed by atoms with Crippen LogP contribution in [-0.2, 0) is 5.41 Å². The molecule has 20 heavy (non-hydrogen) atoms. The number of benzene rings is 2. The van der Waals surface area contributed by atoms with Gasteiger partial charge in [-0.3, -0.25) is 0 Å². The minimum absolute atomic E-state index is 0.0859. The Hall–Kier alpha value is -1.61. The maximum Gasteiger partial charge on any atom is 0.227 e. The number of halogens is 1. The molecular weight excluding hydrogens is 314 g/mol. The summed E-state index contributed by atoms with van der Waals surface area (Å²) in [6.07, 6.45) is 0. The first-order valence-corrected chi connectivity index (χ1v) is 7.40. The zero-order chi connectivity index (χ0) is 14.3. The molecule has 3 rings (SSSR count). The lowest BCUT2D eigenvalue weighted by Crippen LogP contribution is -2.10. The smallest absolute Gasteiger partial charge is 0.227 e. The van der Waals surface area contributed by atoms with E-state index in [1.165, 1.54) is 5.56 Å². The Labute approximate surface area is 127 Å². The lowest BCUT2D eigenvalue weighted by molar-refractivity contribution is 0.589. The van der Waals surface area contributed by atoms with Crippen molar-refractivity contribution in [1.29, 1.82) is 0 Å². The molecule has 0 spiro atoms. The number of aromatic nitrogens is 1. The maximum atomic E-state index is 5.89. The number of oxazole rings is 1. The second-order valence-corrected chi connectivity index (χ2v) is 6.80. The van der Waals surface area contributed by atoms with Crippen LogP contribution in [0.25, 0.3) is 22.6 Å². The summed E-state index contributed by atoms with van der Waals surface area (Å²) in [6, 6.07) is 14.2. The predicted octanol–water partition coefficient (Wildman–Crippen LogP) is 5.55. The van der Waals surface area contributed by atoms with Gasteiger partial charge in [-0.15, -0.1) is 0 Å². The number of rotatable bonds is 1. The summed E-state index contributed by atoms with van der Waals surface area (Å²) in [5, 5.41) is 0. The van der Waals surface area contributed by atoms with Gasteiger partial charge in [0, 0.05) is 5.56 Å². The van der Waals surface area contributed by atoms with Crippen molar-refractivity contribution in [2.75, 3.05) is 0 Å². The Morgan fingerprint density at radius 3 is 2.40 bits per heavy atom. The minimum Gasteiger partial charge on any atom is -0.435 e. The van der Waals surface area contributed by atoms with Gasteiger partial charge in [0.1, 0.15) is 5.52 Å². The monoisotopic (exact) mass is 329 g/mol. The molecule has 0 atom stereocenters. The summed E-state index contributed by atoms with van der Waals surface area (Å²) in [5.74, 6) is 0.660. The number of fused-ring (bicyclic) bond motifs is 1. The zero-order valence-electron chi connectivity index (χ0n) is 11.8. The van der Waals surface area contributed by atoms with Gasteiger partial charge >= 0.3 is 0 Å². The SMILES string of the molecule is CC(C)(C)c1cc(Br)c2oc(-c3ccccc3)nc2c1.